The van der Waals surface area contributed by atoms with Crippen LogP contribution in [0.25, 0.3) is 32.2 Å². The van der Waals surface area contributed by atoms with Gasteiger partial charge in [-0.3, -0.25) is 9.88 Å². The lowest BCUT2D eigenvalue weighted by Crippen LogP contribution is -2.33. The zero-order valence-corrected chi connectivity index (χ0v) is 20.4. The molecule has 6 heteroatoms. The van der Waals surface area contributed by atoms with Gasteiger partial charge in [-0.1, -0.05) is 24.6 Å². The average molecular weight is 481 g/mol. The summed E-state index contributed by atoms with van der Waals surface area (Å²) in [4.78, 5) is 11.5. The molecule has 0 unspecified atom stereocenters. The lowest BCUT2D eigenvalue weighted by molar-refractivity contribution is 0.183. The molecule has 1 aliphatic rings. The van der Waals surface area contributed by atoms with Crippen LogP contribution >= 0.6 is 11.3 Å². The highest BCUT2D eigenvalue weighted by Crippen LogP contribution is 2.31. The van der Waals surface area contributed by atoms with Gasteiger partial charge in [0.1, 0.15) is 12.4 Å². The molecule has 1 N–H and O–H groups in total. The first-order valence-electron chi connectivity index (χ1n) is 12.3. The van der Waals surface area contributed by atoms with Gasteiger partial charge < -0.3 is 10.1 Å². The zero-order valence-electron chi connectivity index (χ0n) is 19.6. The first-order chi connectivity index (χ1) is 17.3. The van der Waals surface area contributed by atoms with Crippen molar-refractivity contribution in [1.82, 2.24) is 14.9 Å². The lowest BCUT2D eigenvalue weighted by Gasteiger charge is -2.26. The lowest BCUT2D eigenvalue weighted by atomic mass is 10.0. The van der Waals surface area contributed by atoms with Gasteiger partial charge in [-0.25, -0.2) is 4.98 Å². The van der Waals surface area contributed by atoms with Crippen LogP contribution in [0.3, 0.4) is 0 Å². The molecule has 0 saturated carbocycles. The smallest absolute Gasteiger partial charge is 0.119 e. The van der Waals surface area contributed by atoms with Gasteiger partial charge in [0.05, 0.1) is 21.2 Å². The third-order valence-electron chi connectivity index (χ3n) is 6.66. The summed E-state index contributed by atoms with van der Waals surface area (Å²) < 4.78 is 7.21. The van der Waals surface area contributed by atoms with Crippen molar-refractivity contribution >= 4 is 43.8 Å². The molecule has 0 atom stereocenters. The number of aromatic nitrogens is 2. The molecule has 5 aromatic rings. The SMILES string of the molecule is c1cc(Nc2ccc3scnc3c2)c2cc(-c3ccc(OCCN4CCCCC4)cc3)ccc2n1. The largest absolute Gasteiger partial charge is 0.492 e. The standard InChI is InChI=1S/C29H28N4OS/c1-2-14-33(15-3-1)16-17-34-24-8-4-21(5-9-24)22-6-10-26-25(18-22)27(12-13-30-26)32-23-7-11-29-28(19-23)31-20-35-29/h4-13,18-20H,1-3,14-17H2,(H,30,32). The fraction of sp³-hybridized carbons (Fsp3) is 0.241. The maximum absolute atomic E-state index is 6.01. The van der Waals surface area contributed by atoms with Crippen LogP contribution in [-0.2, 0) is 0 Å². The van der Waals surface area contributed by atoms with E-state index in [1.54, 1.807) is 11.3 Å². The summed E-state index contributed by atoms with van der Waals surface area (Å²) in [7, 11) is 0. The van der Waals surface area contributed by atoms with Crippen LogP contribution in [0, 0.1) is 0 Å². The van der Waals surface area contributed by atoms with Crippen LogP contribution in [0.2, 0.25) is 0 Å². The number of hydrogen-bond donors (Lipinski definition) is 1. The zero-order chi connectivity index (χ0) is 23.5. The van der Waals surface area contributed by atoms with E-state index in [-0.39, 0.29) is 0 Å². The van der Waals surface area contributed by atoms with Crippen molar-refractivity contribution in [2.75, 3.05) is 31.6 Å². The van der Waals surface area contributed by atoms with Crippen molar-refractivity contribution in [3.8, 4) is 16.9 Å². The monoisotopic (exact) mass is 480 g/mol. The van der Waals surface area contributed by atoms with E-state index in [1.165, 1.54) is 37.1 Å². The summed E-state index contributed by atoms with van der Waals surface area (Å²) in [6, 6.07) is 23.2. The summed E-state index contributed by atoms with van der Waals surface area (Å²) in [6.07, 6.45) is 5.84. The Balaban J connectivity index is 1.19. The van der Waals surface area contributed by atoms with Gasteiger partial charge in [0.2, 0.25) is 0 Å². The fourth-order valence-electron chi connectivity index (χ4n) is 4.75. The number of anilines is 2. The molecule has 0 spiro atoms. The minimum absolute atomic E-state index is 0.739. The number of benzene rings is 3. The molecule has 1 fully saturated rings. The van der Waals surface area contributed by atoms with E-state index in [2.05, 4.69) is 80.8 Å². The molecule has 1 aliphatic heterocycles. The number of nitrogens with zero attached hydrogens (tertiary/aromatic N) is 3. The van der Waals surface area contributed by atoms with Crippen LogP contribution < -0.4 is 10.1 Å². The molecule has 0 radical (unpaired) electrons. The molecule has 0 aliphatic carbocycles. The number of nitrogens with one attached hydrogen (secondary N) is 1. The first-order valence-corrected chi connectivity index (χ1v) is 13.1. The third kappa shape index (κ3) is 4.99. The van der Waals surface area contributed by atoms with Gasteiger partial charge in [-0.05, 0) is 85.6 Å². The van der Waals surface area contributed by atoms with E-state index in [0.717, 1.165) is 57.8 Å². The van der Waals surface area contributed by atoms with E-state index in [4.69, 9.17) is 4.74 Å². The molecule has 3 heterocycles. The second-order valence-corrected chi connectivity index (χ2v) is 9.91. The Kier molecular flexibility index (Phi) is 6.30. The van der Waals surface area contributed by atoms with Gasteiger partial charge in [-0.15, -0.1) is 11.3 Å². The molecule has 0 amide bonds. The maximum Gasteiger partial charge on any atom is 0.119 e. The molecule has 0 bridgehead atoms. The Morgan fingerprint density at radius 1 is 0.829 bits per heavy atom. The van der Waals surface area contributed by atoms with Gasteiger partial charge in [-0.2, -0.15) is 0 Å². The van der Waals surface area contributed by atoms with Crippen molar-refractivity contribution < 1.29 is 4.74 Å². The Hall–Kier alpha value is -3.48. The number of rotatable bonds is 7. The minimum Gasteiger partial charge on any atom is -0.492 e. The summed E-state index contributed by atoms with van der Waals surface area (Å²) in [6.45, 7) is 4.15. The molecule has 6 rings (SSSR count). The third-order valence-corrected chi connectivity index (χ3v) is 7.47. The van der Waals surface area contributed by atoms with Crippen molar-refractivity contribution in [1.29, 1.82) is 0 Å². The van der Waals surface area contributed by atoms with Crippen molar-refractivity contribution in [2.45, 2.75) is 19.3 Å². The van der Waals surface area contributed by atoms with E-state index < -0.39 is 0 Å². The number of fused-ring (bicyclic) bond motifs is 2. The van der Waals surface area contributed by atoms with E-state index in [9.17, 15) is 0 Å². The highest BCUT2D eigenvalue weighted by molar-refractivity contribution is 7.16. The van der Waals surface area contributed by atoms with Crippen molar-refractivity contribution in [2.24, 2.45) is 0 Å². The van der Waals surface area contributed by atoms with Gasteiger partial charge in [0.25, 0.3) is 0 Å². The van der Waals surface area contributed by atoms with Crippen molar-refractivity contribution in [3.05, 3.63) is 78.4 Å². The van der Waals surface area contributed by atoms with Crippen LogP contribution in [0.5, 0.6) is 5.75 Å². The number of pyridine rings is 1. The first kappa shape index (κ1) is 22.0. The van der Waals surface area contributed by atoms with Gasteiger partial charge >= 0.3 is 0 Å². The molecule has 1 saturated heterocycles. The summed E-state index contributed by atoms with van der Waals surface area (Å²) in [5.74, 6) is 0.924. The summed E-state index contributed by atoms with van der Waals surface area (Å²) >= 11 is 1.66. The number of likely N-dealkylation sites (tertiary alicyclic amines) is 1. The average Bonchev–Trinajstić information content (AvgIpc) is 3.38. The molecular weight excluding hydrogens is 452 g/mol. The Morgan fingerprint density at radius 3 is 2.57 bits per heavy atom. The van der Waals surface area contributed by atoms with E-state index in [1.807, 2.05) is 17.8 Å². The van der Waals surface area contributed by atoms with E-state index >= 15 is 0 Å². The molecule has 5 nitrogen and oxygen atoms in total. The van der Waals surface area contributed by atoms with Crippen LogP contribution in [0.15, 0.2) is 78.4 Å². The number of hydrogen-bond acceptors (Lipinski definition) is 6. The van der Waals surface area contributed by atoms with Gasteiger partial charge in [0.15, 0.2) is 0 Å². The molecule has 3 aromatic carbocycles. The predicted octanol–water partition coefficient (Wildman–Crippen LogP) is 7.12. The number of ether oxygens (including phenoxy) is 1. The Bertz CT molecular complexity index is 1440. The predicted molar refractivity (Wildman–Crippen MR) is 146 cm³/mol. The minimum atomic E-state index is 0.739. The summed E-state index contributed by atoms with van der Waals surface area (Å²) in [5, 5.41) is 4.66. The highest BCUT2D eigenvalue weighted by Gasteiger charge is 2.10. The highest BCUT2D eigenvalue weighted by atomic mass is 32.1. The molecular formula is C29H28N4OS. The second-order valence-electron chi connectivity index (χ2n) is 9.03. The number of piperidine rings is 1. The quantitative estimate of drug-likeness (QED) is 0.269. The topological polar surface area (TPSA) is 50.3 Å². The number of thiazole rings is 1. The Morgan fingerprint density at radius 2 is 1.69 bits per heavy atom. The van der Waals surface area contributed by atoms with E-state index in [0.29, 0.717) is 0 Å². The maximum atomic E-state index is 6.01. The van der Waals surface area contributed by atoms with Crippen LogP contribution in [-0.4, -0.2) is 41.1 Å². The van der Waals surface area contributed by atoms with Crippen LogP contribution in [0.4, 0.5) is 11.4 Å². The molecule has 2 aromatic heterocycles. The normalized spacial score (nSPS) is 14.4. The molecule has 35 heavy (non-hydrogen) atoms. The van der Waals surface area contributed by atoms with Crippen molar-refractivity contribution in [3.63, 3.8) is 0 Å². The second kappa shape index (κ2) is 10.0. The fourth-order valence-corrected chi connectivity index (χ4v) is 5.40. The van der Waals surface area contributed by atoms with Gasteiger partial charge in [0, 0.05) is 29.5 Å². The summed E-state index contributed by atoms with van der Waals surface area (Å²) in [5.41, 5.74) is 8.23. The van der Waals surface area contributed by atoms with Crippen LogP contribution in [0.1, 0.15) is 19.3 Å². The Labute approximate surface area is 209 Å². The molecule has 176 valence electrons.